The van der Waals surface area contributed by atoms with Crippen molar-refractivity contribution < 1.29 is 14.3 Å². The van der Waals surface area contributed by atoms with Crippen molar-refractivity contribution in [3.63, 3.8) is 0 Å². The van der Waals surface area contributed by atoms with E-state index >= 15 is 0 Å². The first-order chi connectivity index (χ1) is 13.3. The van der Waals surface area contributed by atoms with Gasteiger partial charge in [0.05, 0.1) is 6.61 Å². The Kier molecular flexibility index (Phi) is 10.9. The summed E-state index contributed by atoms with van der Waals surface area (Å²) in [5.41, 5.74) is 1.81. The summed E-state index contributed by atoms with van der Waals surface area (Å²) >= 11 is 0. The third-order valence-electron chi connectivity index (χ3n) is 4.92. The first-order valence-electron chi connectivity index (χ1n) is 10.6. The zero-order chi connectivity index (χ0) is 19.2. The maximum absolute atomic E-state index is 12.0. The number of anilines is 1. The van der Waals surface area contributed by atoms with Gasteiger partial charge in [-0.15, -0.1) is 0 Å². The zero-order valence-corrected chi connectivity index (χ0v) is 16.9. The third kappa shape index (κ3) is 9.78. The van der Waals surface area contributed by atoms with Crippen LogP contribution in [-0.2, 0) is 16.1 Å². The smallest absolute Gasteiger partial charge is 0.411 e. The van der Waals surface area contributed by atoms with Crippen LogP contribution in [0.15, 0.2) is 24.3 Å². The summed E-state index contributed by atoms with van der Waals surface area (Å²) in [5.74, 6) is 0. The summed E-state index contributed by atoms with van der Waals surface area (Å²) in [6, 6.07) is 7.77. The van der Waals surface area contributed by atoms with Crippen molar-refractivity contribution in [2.75, 3.05) is 38.2 Å². The number of benzene rings is 1. The van der Waals surface area contributed by atoms with Crippen LogP contribution in [0.2, 0.25) is 0 Å². The largest absolute Gasteiger partial charge is 0.448 e. The van der Waals surface area contributed by atoms with E-state index in [4.69, 9.17) is 9.47 Å². The quantitative estimate of drug-likeness (QED) is 0.539. The van der Waals surface area contributed by atoms with Gasteiger partial charge < -0.3 is 9.47 Å². The number of carbonyl (C=O) groups is 1. The molecule has 1 aliphatic heterocycles. The molecule has 27 heavy (non-hydrogen) atoms. The molecule has 0 unspecified atom stereocenters. The SMILES string of the molecule is CCCCCCOCc1cccc(NC(=O)OCCN2CCCCCC2)c1. The Bertz CT molecular complexity index is 528. The number of likely N-dealkylation sites (tertiary alicyclic amines) is 1. The Balaban J connectivity index is 1.63. The molecular formula is C22H36N2O3. The highest BCUT2D eigenvalue weighted by atomic mass is 16.5. The van der Waals surface area contributed by atoms with Crippen molar-refractivity contribution in [2.45, 2.75) is 64.9 Å². The predicted molar refractivity (Wildman–Crippen MR) is 110 cm³/mol. The van der Waals surface area contributed by atoms with Crippen LogP contribution in [-0.4, -0.2) is 43.8 Å². The molecule has 5 heteroatoms. The molecular weight excluding hydrogens is 340 g/mol. The summed E-state index contributed by atoms with van der Waals surface area (Å²) in [6.07, 6.45) is 9.58. The van der Waals surface area contributed by atoms with Gasteiger partial charge in [-0.25, -0.2) is 4.79 Å². The van der Waals surface area contributed by atoms with Gasteiger partial charge in [0.2, 0.25) is 0 Å². The molecule has 152 valence electrons. The van der Waals surface area contributed by atoms with Crippen molar-refractivity contribution in [2.24, 2.45) is 0 Å². The van der Waals surface area contributed by atoms with E-state index in [0.717, 1.165) is 43.9 Å². The Hall–Kier alpha value is -1.59. The molecule has 1 N–H and O–H groups in total. The normalized spacial score (nSPS) is 15.3. The maximum Gasteiger partial charge on any atom is 0.411 e. The third-order valence-corrected chi connectivity index (χ3v) is 4.92. The summed E-state index contributed by atoms with van der Waals surface area (Å²) in [6.45, 7) is 7.06. The van der Waals surface area contributed by atoms with Gasteiger partial charge >= 0.3 is 6.09 Å². The number of carbonyl (C=O) groups excluding carboxylic acids is 1. The van der Waals surface area contributed by atoms with Crippen LogP contribution in [0.4, 0.5) is 10.5 Å². The summed E-state index contributed by atoms with van der Waals surface area (Å²) in [4.78, 5) is 14.4. The van der Waals surface area contributed by atoms with E-state index in [-0.39, 0.29) is 6.09 Å². The van der Waals surface area contributed by atoms with Gasteiger partial charge in [0.15, 0.2) is 0 Å². The number of amides is 1. The van der Waals surface area contributed by atoms with Crippen molar-refractivity contribution in [1.82, 2.24) is 4.90 Å². The van der Waals surface area contributed by atoms with E-state index in [1.54, 1.807) is 0 Å². The van der Waals surface area contributed by atoms with Gasteiger partial charge in [0, 0.05) is 18.8 Å². The fraction of sp³-hybridized carbons (Fsp3) is 0.682. The molecule has 1 fully saturated rings. The minimum absolute atomic E-state index is 0.387. The molecule has 0 atom stereocenters. The zero-order valence-electron chi connectivity index (χ0n) is 16.9. The highest BCUT2D eigenvalue weighted by molar-refractivity contribution is 5.84. The lowest BCUT2D eigenvalue weighted by molar-refractivity contribution is 0.117. The lowest BCUT2D eigenvalue weighted by atomic mass is 10.2. The van der Waals surface area contributed by atoms with E-state index in [1.807, 2.05) is 24.3 Å². The Morgan fingerprint density at radius 2 is 1.89 bits per heavy atom. The van der Waals surface area contributed by atoms with Crippen LogP contribution in [0, 0.1) is 0 Å². The predicted octanol–water partition coefficient (Wildman–Crippen LogP) is 5.21. The van der Waals surface area contributed by atoms with Crippen molar-refractivity contribution in [3.8, 4) is 0 Å². The van der Waals surface area contributed by atoms with E-state index in [9.17, 15) is 4.79 Å². The first kappa shape index (κ1) is 21.7. The maximum atomic E-state index is 12.0. The first-order valence-corrected chi connectivity index (χ1v) is 10.6. The van der Waals surface area contributed by atoms with Crippen molar-refractivity contribution >= 4 is 11.8 Å². The molecule has 0 aromatic heterocycles. The molecule has 0 saturated carbocycles. The second-order valence-corrected chi connectivity index (χ2v) is 7.33. The van der Waals surface area contributed by atoms with Gasteiger partial charge in [-0.1, -0.05) is 51.2 Å². The number of nitrogens with zero attached hydrogens (tertiary/aromatic N) is 1. The molecule has 0 spiro atoms. The Morgan fingerprint density at radius 1 is 1.07 bits per heavy atom. The number of unbranched alkanes of at least 4 members (excludes halogenated alkanes) is 3. The minimum Gasteiger partial charge on any atom is -0.448 e. The number of rotatable bonds is 11. The van der Waals surface area contributed by atoms with Crippen molar-refractivity contribution in [3.05, 3.63) is 29.8 Å². The topological polar surface area (TPSA) is 50.8 Å². The monoisotopic (exact) mass is 376 g/mol. The lowest BCUT2D eigenvalue weighted by Crippen LogP contribution is -2.30. The van der Waals surface area contributed by atoms with Gasteiger partial charge in [0.1, 0.15) is 6.61 Å². The van der Waals surface area contributed by atoms with Gasteiger partial charge in [0.25, 0.3) is 0 Å². The molecule has 1 aliphatic rings. The fourth-order valence-corrected chi connectivity index (χ4v) is 3.34. The molecule has 1 heterocycles. The van der Waals surface area contributed by atoms with Crippen LogP contribution >= 0.6 is 0 Å². The number of nitrogens with one attached hydrogen (secondary N) is 1. The average Bonchev–Trinajstić information content (AvgIpc) is 2.94. The molecule has 0 aliphatic carbocycles. The minimum atomic E-state index is -0.387. The fourth-order valence-electron chi connectivity index (χ4n) is 3.34. The molecule has 1 aromatic rings. The molecule has 5 nitrogen and oxygen atoms in total. The standard InChI is InChI=1S/C22H36N2O3/c1-2-3-4-9-16-26-19-20-11-10-12-21(18-20)23-22(25)27-17-15-24-13-7-5-6-8-14-24/h10-12,18H,2-9,13-17,19H2,1H3,(H,23,25). The lowest BCUT2D eigenvalue weighted by Gasteiger charge is -2.19. The number of ether oxygens (including phenoxy) is 2. The molecule has 0 radical (unpaired) electrons. The highest BCUT2D eigenvalue weighted by Crippen LogP contribution is 2.13. The molecule has 1 amide bonds. The van der Waals surface area contributed by atoms with E-state index in [0.29, 0.717) is 13.2 Å². The molecule has 2 rings (SSSR count). The average molecular weight is 377 g/mol. The van der Waals surface area contributed by atoms with Gasteiger partial charge in [-0.05, 0) is 50.0 Å². The molecule has 1 aromatic carbocycles. The van der Waals surface area contributed by atoms with Crippen LogP contribution < -0.4 is 5.32 Å². The van der Waals surface area contributed by atoms with E-state index in [1.165, 1.54) is 44.9 Å². The number of hydrogen-bond donors (Lipinski definition) is 1. The summed E-state index contributed by atoms with van der Waals surface area (Å²) < 4.78 is 11.1. The van der Waals surface area contributed by atoms with Crippen molar-refractivity contribution in [1.29, 1.82) is 0 Å². The van der Waals surface area contributed by atoms with Crippen LogP contribution in [0.25, 0.3) is 0 Å². The Labute approximate surface area is 164 Å². The van der Waals surface area contributed by atoms with Crippen LogP contribution in [0.3, 0.4) is 0 Å². The molecule has 0 bridgehead atoms. The van der Waals surface area contributed by atoms with Gasteiger partial charge in [-0.3, -0.25) is 10.2 Å². The van der Waals surface area contributed by atoms with Crippen LogP contribution in [0.5, 0.6) is 0 Å². The second kappa shape index (κ2) is 13.6. The van der Waals surface area contributed by atoms with Gasteiger partial charge in [-0.2, -0.15) is 0 Å². The second-order valence-electron chi connectivity index (χ2n) is 7.33. The summed E-state index contributed by atoms with van der Waals surface area (Å²) in [5, 5.41) is 2.82. The Morgan fingerprint density at radius 3 is 2.67 bits per heavy atom. The van der Waals surface area contributed by atoms with E-state index in [2.05, 4.69) is 17.1 Å². The highest BCUT2D eigenvalue weighted by Gasteiger charge is 2.10. The number of hydrogen-bond acceptors (Lipinski definition) is 4. The van der Waals surface area contributed by atoms with E-state index < -0.39 is 0 Å². The molecule has 1 saturated heterocycles. The summed E-state index contributed by atoms with van der Waals surface area (Å²) in [7, 11) is 0. The van der Waals surface area contributed by atoms with Crippen LogP contribution in [0.1, 0.15) is 63.9 Å².